The highest BCUT2D eigenvalue weighted by Gasteiger charge is 2.28. The van der Waals surface area contributed by atoms with Crippen molar-refractivity contribution >= 4 is 29.1 Å². The molecule has 1 aliphatic heterocycles. The zero-order chi connectivity index (χ0) is 30.8. The van der Waals surface area contributed by atoms with Gasteiger partial charge < -0.3 is 25.2 Å². The van der Waals surface area contributed by atoms with Crippen LogP contribution in [-0.4, -0.2) is 70.9 Å². The number of benzene rings is 2. The number of fused-ring (bicyclic) bond motifs is 1. The maximum absolute atomic E-state index is 12.4. The molecule has 4 aromatic rings. The summed E-state index contributed by atoms with van der Waals surface area (Å²) in [5.41, 5.74) is 5.16. The fraction of sp³-hybridized carbons (Fsp3) is 0.323. The predicted molar refractivity (Wildman–Crippen MR) is 159 cm³/mol. The van der Waals surface area contributed by atoms with E-state index in [9.17, 15) is 22.8 Å². The van der Waals surface area contributed by atoms with Gasteiger partial charge in [0.15, 0.2) is 0 Å². The lowest BCUT2D eigenvalue weighted by Crippen LogP contribution is -2.50. The van der Waals surface area contributed by atoms with Gasteiger partial charge in [0.2, 0.25) is 0 Å². The first kappa shape index (κ1) is 29.7. The number of amides is 3. The molecule has 0 saturated carbocycles. The van der Waals surface area contributed by atoms with Crippen molar-refractivity contribution in [1.82, 2.24) is 19.6 Å². The number of nitrogens with one attached hydrogen (secondary N) is 2. The molecule has 1 fully saturated rings. The van der Waals surface area contributed by atoms with Crippen molar-refractivity contribution in [2.45, 2.75) is 32.5 Å². The Morgan fingerprint density at radius 2 is 1.63 bits per heavy atom. The standard InChI is InChI=1S/C31H33F3N6O3/c1-30(2,3)43-29(42)39-15-13-38(14-16-39)25-9-7-21(8-10-25)22-11-12-40-26(19-35-27(40)18-22)23-5-4-6-24(17-23)37-28(41)36-20-31(32,33)34/h4-12,17-19H,13-16,20H2,1-3H3,(H2,36,37,41). The molecule has 5 rings (SSSR count). The molecule has 1 saturated heterocycles. The number of carbonyl (C=O) groups excluding carboxylic acids is 2. The molecule has 0 radical (unpaired) electrons. The molecule has 226 valence electrons. The SMILES string of the molecule is CC(C)(C)OC(=O)N1CCN(c2ccc(-c3ccn4c(-c5cccc(NC(=O)NCC(F)(F)F)c5)cnc4c3)cc2)CC1. The van der Waals surface area contributed by atoms with Crippen LogP contribution in [0.4, 0.5) is 34.1 Å². The van der Waals surface area contributed by atoms with Crippen LogP contribution in [-0.2, 0) is 4.74 Å². The van der Waals surface area contributed by atoms with Crippen LogP contribution in [0.2, 0.25) is 0 Å². The van der Waals surface area contributed by atoms with Gasteiger partial charge in [-0.2, -0.15) is 13.2 Å². The van der Waals surface area contributed by atoms with Gasteiger partial charge in [-0.1, -0.05) is 24.3 Å². The van der Waals surface area contributed by atoms with Gasteiger partial charge in [-0.15, -0.1) is 0 Å². The predicted octanol–water partition coefficient (Wildman–Crippen LogP) is 6.41. The third-order valence-corrected chi connectivity index (χ3v) is 6.88. The Hall–Kier alpha value is -4.74. The van der Waals surface area contributed by atoms with Gasteiger partial charge in [0.1, 0.15) is 17.8 Å². The molecule has 0 aliphatic carbocycles. The summed E-state index contributed by atoms with van der Waals surface area (Å²) in [6, 6.07) is 18.1. The molecule has 3 heterocycles. The van der Waals surface area contributed by atoms with E-state index < -0.39 is 24.4 Å². The van der Waals surface area contributed by atoms with Crippen molar-refractivity contribution in [3.05, 3.63) is 73.1 Å². The van der Waals surface area contributed by atoms with Gasteiger partial charge in [0.25, 0.3) is 0 Å². The molecule has 0 unspecified atom stereocenters. The lowest BCUT2D eigenvalue weighted by atomic mass is 10.1. The Labute approximate surface area is 247 Å². The van der Waals surface area contributed by atoms with E-state index in [0.29, 0.717) is 18.8 Å². The number of carbonyl (C=O) groups is 2. The van der Waals surface area contributed by atoms with Crippen molar-refractivity contribution in [2.24, 2.45) is 0 Å². The first-order chi connectivity index (χ1) is 20.3. The highest BCUT2D eigenvalue weighted by molar-refractivity contribution is 5.90. The number of hydrogen-bond donors (Lipinski definition) is 2. The van der Waals surface area contributed by atoms with Crippen LogP contribution in [0.5, 0.6) is 0 Å². The molecule has 2 aromatic heterocycles. The summed E-state index contributed by atoms with van der Waals surface area (Å²) in [7, 11) is 0. The molecule has 0 atom stereocenters. The highest BCUT2D eigenvalue weighted by atomic mass is 19.4. The van der Waals surface area contributed by atoms with Gasteiger partial charge in [0.05, 0.1) is 11.9 Å². The Morgan fingerprint density at radius 3 is 2.30 bits per heavy atom. The molecule has 43 heavy (non-hydrogen) atoms. The van der Waals surface area contributed by atoms with Crippen LogP contribution >= 0.6 is 0 Å². The molecule has 1 aliphatic rings. The average Bonchev–Trinajstić information content (AvgIpc) is 3.39. The number of ether oxygens (including phenoxy) is 1. The smallest absolute Gasteiger partial charge is 0.410 e. The second kappa shape index (κ2) is 11.9. The topological polar surface area (TPSA) is 91.2 Å². The van der Waals surface area contributed by atoms with Crippen molar-refractivity contribution in [3.8, 4) is 22.4 Å². The molecular formula is C31H33F3N6O3. The van der Waals surface area contributed by atoms with Crippen molar-refractivity contribution in [2.75, 3.05) is 42.9 Å². The van der Waals surface area contributed by atoms with Crippen molar-refractivity contribution in [3.63, 3.8) is 0 Å². The number of anilines is 2. The number of halogens is 3. The third-order valence-electron chi connectivity index (χ3n) is 6.88. The summed E-state index contributed by atoms with van der Waals surface area (Å²) in [6.45, 7) is 6.81. The summed E-state index contributed by atoms with van der Waals surface area (Å²) in [6.07, 6.45) is -1.15. The minimum Gasteiger partial charge on any atom is -0.444 e. The van der Waals surface area contributed by atoms with E-state index in [4.69, 9.17) is 4.74 Å². The molecule has 3 amide bonds. The van der Waals surface area contributed by atoms with E-state index in [-0.39, 0.29) is 6.09 Å². The van der Waals surface area contributed by atoms with Gasteiger partial charge >= 0.3 is 18.3 Å². The molecular weight excluding hydrogens is 561 g/mol. The third kappa shape index (κ3) is 7.56. The summed E-state index contributed by atoms with van der Waals surface area (Å²) >= 11 is 0. The fourth-order valence-electron chi connectivity index (χ4n) is 4.82. The Kier molecular flexibility index (Phi) is 8.21. The van der Waals surface area contributed by atoms with Crippen LogP contribution in [0.1, 0.15) is 20.8 Å². The molecule has 2 N–H and O–H groups in total. The molecule has 2 aromatic carbocycles. The summed E-state index contributed by atoms with van der Waals surface area (Å²) in [5.74, 6) is 0. The summed E-state index contributed by atoms with van der Waals surface area (Å²) < 4.78 is 44.6. The van der Waals surface area contributed by atoms with E-state index in [2.05, 4.69) is 39.5 Å². The minimum absolute atomic E-state index is 0.281. The number of piperazine rings is 1. The van der Waals surface area contributed by atoms with E-state index in [0.717, 1.165) is 46.8 Å². The largest absolute Gasteiger partial charge is 0.444 e. The number of rotatable bonds is 5. The zero-order valence-corrected chi connectivity index (χ0v) is 24.1. The van der Waals surface area contributed by atoms with Crippen LogP contribution in [0, 0.1) is 0 Å². The number of imidazole rings is 1. The molecule has 0 spiro atoms. The number of nitrogens with zero attached hydrogens (tertiary/aromatic N) is 4. The first-order valence-electron chi connectivity index (χ1n) is 13.9. The summed E-state index contributed by atoms with van der Waals surface area (Å²) in [5, 5.41) is 4.23. The van der Waals surface area contributed by atoms with E-state index in [1.54, 1.807) is 34.6 Å². The van der Waals surface area contributed by atoms with E-state index in [1.165, 1.54) is 0 Å². The Balaban J connectivity index is 1.24. The van der Waals surface area contributed by atoms with Crippen LogP contribution in [0.25, 0.3) is 28.0 Å². The summed E-state index contributed by atoms with van der Waals surface area (Å²) in [4.78, 5) is 32.8. The average molecular weight is 595 g/mol. The van der Waals surface area contributed by atoms with Gasteiger partial charge in [0, 0.05) is 49.3 Å². The lowest BCUT2D eigenvalue weighted by Gasteiger charge is -2.36. The van der Waals surface area contributed by atoms with Gasteiger partial charge in [-0.3, -0.25) is 4.40 Å². The first-order valence-corrected chi connectivity index (χ1v) is 13.9. The van der Waals surface area contributed by atoms with E-state index in [1.807, 2.05) is 49.6 Å². The lowest BCUT2D eigenvalue weighted by molar-refractivity contribution is -0.122. The maximum atomic E-state index is 12.4. The molecule has 9 nitrogen and oxygen atoms in total. The number of hydrogen-bond acceptors (Lipinski definition) is 5. The zero-order valence-electron chi connectivity index (χ0n) is 24.1. The van der Waals surface area contributed by atoms with Crippen LogP contribution in [0.15, 0.2) is 73.1 Å². The highest BCUT2D eigenvalue weighted by Crippen LogP contribution is 2.28. The molecule has 0 bridgehead atoms. The van der Waals surface area contributed by atoms with Gasteiger partial charge in [-0.25, -0.2) is 14.6 Å². The van der Waals surface area contributed by atoms with Gasteiger partial charge in [-0.05, 0) is 68.3 Å². The van der Waals surface area contributed by atoms with Crippen LogP contribution < -0.4 is 15.5 Å². The second-order valence-electron chi connectivity index (χ2n) is 11.3. The number of aromatic nitrogens is 2. The minimum atomic E-state index is -4.49. The van der Waals surface area contributed by atoms with E-state index >= 15 is 0 Å². The van der Waals surface area contributed by atoms with Crippen molar-refractivity contribution < 1.29 is 27.5 Å². The number of alkyl halides is 3. The normalized spacial score (nSPS) is 14.1. The fourth-order valence-corrected chi connectivity index (χ4v) is 4.82. The number of urea groups is 1. The quantitative estimate of drug-likeness (QED) is 0.279. The molecule has 12 heteroatoms. The van der Waals surface area contributed by atoms with Crippen LogP contribution in [0.3, 0.4) is 0 Å². The number of pyridine rings is 1. The monoisotopic (exact) mass is 594 g/mol. The second-order valence-corrected chi connectivity index (χ2v) is 11.3. The van der Waals surface area contributed by atoms with Crippen molar-refractivity contribution in [1.29, 1.82) is 0 Å². The Morgan fingerprint density at radius 1 is 0.907 bits per heavy atom. The Bertz CT molecular complexity index is 1600. The maximum Gasteiger partial charge on any atom is 0.410 e.